The number of isocyanates is 2. The minimum atomic E-state index is -0.570. The van der Waals surface area contributed by atoms with Gasteiger partial charge in [0.05, 0.1) is 6.10 Å². The van der Waals surface area contributed by atoms with Crippen molar-refractivity contribution < 1.29 is 14.7 Å². The number of aliphatic hydroxyl groups is 1. The molecule has 0 fully saturated rings. The van der Waals surface area contributed by atoms with Gasteiger partial charge in [-0.15, -0.1) is 6.58 Å². The van der Waals surface area contributed by atoms with Gasteiger partial charge in [0.25, 0.3) is 0 Å². The molecule has 1 unspecified atom stereocenters. The second-order valence-electron chi connectivity index (χ2n) is 4.23. The Hall–Kier alpha value is -3.10. The van der Waals surface area contributed by atoms with Gasteiger partial charge in [0.1, 0.15) is 0 Å². The number of hydrogen-bond acceptors (Lipinski definition) is 5. The molecule has 5 nitrogen and oxygen atoms in total. The van der Waals surface area contributed by atoms with Crippen LogP contribution in [-0.2, 0) is 9.59 Å². The largest absolute Gasteiger partial charge is 0.388 e. The minimum absolute atomic E-state index is 0.0464. The topological polar surface area (TPSA) is 102 Å². The maximum Gasteiger partial charge on any atom is 0.231 e. The molecule has 5 heteroatoms. The molecule has 0 aliphatic carbocycles. The number of rotatable bonds is 4. The van der Waals surface area contributed by atoms with E-state index in [4.69, 9.17) is 20.4 Å². The summed E-state index contributed by atoms with van der Waals surface area (Å²) >= 11 is 0. The second kappa shape index (κ2) is 12.6. The Morgan fingerprint density at radius 1 is 0.870 bits per heavy atom. The molecule has 0 saturated carbocycles. The molecule has 0 aromatic heterocycles. The van der Waals surface area contributed by atoms with Gasteiger partial charge in [-0.3, -0.25) is 0 Å². The summed E-state index contributed by atoms with van der Waals surface area (Å²) < 4.78 is 0. The van der Waals surface area contributed by atoms with E-state index in [9.17, 15) is 5.11 Å². The molecule has 2 rings (SSSR count). The maximum absolute atomic E-state index is 10.1. The first-order valence-corrected chi connectivity index (χ1v) is 6.64. The van der Waals surface area contributed by atoms with Crippen molar-refractivity contribution in [3.63, 3.8) is 0 Å². The van der Waals surface area contributed by atoms with E-state index in [1.165, 1.54) is 0 Å². The summed E-state index contributed by atoms with van der Waals surface area (Å²) in [6.45, 7) is 3.68. The monoisotopic (exact) mass is 310 g/mol. The molecule has 23 heavy (non-hydrogen) atoms. The summed E-state index contributed by atoms with van der Waals surface area (Å²) in [5.74, 6) is -0.0464. The van der Waals surface area contributed by atoms with Crippen LogP contribution in [-0.4, -0.2) is 23.4 Å². The fraction of sp³-hybridized carbons (Fsp3) is 0.111. The van der Waals surface area contributed by atoms with Gasteiger partial charge < -0.3 is 5.11 Å². The molecule has 0 radical (unpaired) electrons. The lowest BCUT2D eigenvalue weighted by atomic mass is 9.87. The van der Waals surface area contributed by atoms with Crippen molar-refractivity contribution in [1.82, 2.24) is 0 Å². The van der Waals surface area contributed by atoms with E-state index in [1.54, 1.807) is 6.08 Å². The van der Waals surface area contributed by atoms with Crippen LogP contribution in [0.2, 0.25) is 0 Å². The Kier molecular flexibility index (Phi) is 10.9. The van der Waals surface area contributed by atoms with Crippen molar-refractivity contribution in [3.8, 4) is 0 Å². The van der Waals surface area contributed by atoms with Crippen molar-refractivity contribution in [2.75, 3.05) is 0 Å². The zero-order valence-electron chi connectivity index (χ0n) is 12.5. The summed E-state index contributed by atoms with van der Waals surface area (Å²) in [5, 5.41) is 20.9. The van der Waals surface area contributed by atoms with Crippen LogP contribution in [0.1, 0.15) is 17.0 Å². The predicted octanol–water partition coefficient (Wildman–Crippen LogP) is 3.17. The molecule has 0 bridgehead atoms. The van der Waals surface area contributed by atoms with Crippen molar-refractivity contribution in [2.24, 2.45) is 0 Å². The Morgan fingerprint density at radius 3 is 1.43 bits per heavy atom. The van der Waals surface area contributed by atoms with Gasteiger partial charge in [-0.2, -0.15) is 0 Å². The van der Waals surface area contributed by atoms with Crippen LogP contribution in [0, 0.1) is 10.8 Å². The number of nitrogens with one attached hydrogen (secondary N) is 2. The molecule has 3 N–H and O–H groups in total. The zero-order chi connectivity index (χ0) is 17.5. The molecule has 2 aromatic rings. The molecule has 0 amide bonds. The molecule has 2 aromatic carbocycles. The van der Waals surface area contributed by atoms with Crippen LogP contribution in [0.15, 0.2) is 73.3 Å². The highest BCUT2D eigenvalue weighted by Crippen LogP contribution is 2.28. The van der Waals surface area contributed by atoms with Gasteiger partial charge in [-0.1, -0.05) is 66.7 Å². The average Bonchev–Trinajstić information content (AvgIpc) is 2.58. The summed E-state index contributed by atoms with van der Waals surface area (Å²) in [6, 6.07) is 20.0. The number of benzene rings is 2. The molecular weight excluding hydrogens is 292 g/mol. The normalized spacial score (nSPS) is 9.83. The molecule has 0 heterocycles. The van der Waals surface area contributed by atoms with Gasteiger partial charge in [0.15, 0.2) is 0 Å². The lowest BCUT2D eigenvalue weighted by Crippen LogP contribution is -2.17. The van der Waals surface area contributed by atoms with Crippen molar-refractivity contribution >= 4 is 12.2 Å². The first-order valence-electron chi connectivity index (χ1n) is 6.64. The SMILES string of the molecule is C=CC(O)C(c1ccccc1)c1ccccc1.N=C=O.N=C=O. The minimum Gasteiger partial charge on any atom is -0.388 e. The number of carbonyl (C=O) groups excluding carboxylic acids is 2. The third-order valence-corrected chi connectivity index (χ3v) is 2.90. The Morgan fingerprint density at radius 2 is 1.17 bits per heavy atom. The van der Waals surface area contributed by atoms with Crippen LogP contribution in [0.5, 0.6) is 0 Å². The van der Waals surface area contributed by atoms with E-state index in [0.717, 1.165) is 23.3 Å². The van der Waals surface area contributed by atoms with E-state index in [1.807, 2.05) is 60.7 Å². The van der Waals surface area contributed by atoms with Crippen molar-refractivity contribution in [3.05, 3.63) is 84.4 Å². The van der Waals surface area contributed by atoms with E-state index in [2.05, 4.69) is 6.58 Å². The molecule has 0 aliphatic heterocycles. The van der Waals surface area contributed by atoms with Gasteiger partial charge in [-0.25, -0.2) is 20.4 Å². The lowest BCUT2D eigenvalue weighted by molar-refractivity contribution is 0.205. The molecular formula is C18H18N2O3. The Labute approximate surface area is 134 Å². The number of hydrogen-bond donors (Lipinski definition) is 3. The van der Waals surface area contributed by atoms with E-state index in [0.29, 0.717) is 0 Å². The fourth-order valence-electron chi connectivity index (χ4n) is 2.04. The molecule has 118 valence electrons. The average molecular weight is 310 g/mol. The molecule has 1 atom stereocenters. The third-order valence-electron chi connectivity index (χ3n) is 2.90. The summed E-state index contributed by atoms with van der Waals surface area (Å²) in [6.07, 6.45) is 2.52. The van der Waals surface area contributed by atoms with Crippen LogP contribution < -0.4 is 0 Å². The zero-order valence-corrected chi connectivity index (χ0v) is 12.5. The van der Waals surface area contributed by atoms with E-state index in [-0.39, 0.29) is 5.92 Å². The van der Waals surface area contributed by atoms with Gasteiger partial charge in [0.2, 0.25) is 12.2 Å². The Balaban J connectivity index is 0.000000704. The second-order valence-corrected chi connectivity index (χ2v) is 4.23. The Bertz CT molecular complexity index is 578. The molecule has 0 spiro atoms. The van der Waals surface area contributed by atoms with Crippen molar-refractivity contribution in [2.45, 2.75) is 12.0 Å². The highest BCUT2D eigenvalue weighted by molar-refractivity contribution is 5.34. The smallest absolute Gasteiger partial charge is 0.231 e. The third kappa shape index (κ3) is 7.46. The number of aliphatic hydroxyl groups excluding tert-OH is 1. The van der Waals surface area contributed by atoms with Crippen LogP contribution in [0.25, 0.3) is 0 Å². The maximum atomic E-state index is 10.1. The quantitative estimate of drug-likeness (QED) is 0.459. The van der Waals surface area contributed by atoms with Gasteiger partial charge in [0, 0.05) is 5.92 Å². The summed E-state index contributed by atoms with van der Waals surface area (Å²) in [5.41, 5.74) is 2.21. The first-order chi connectivity index (χ1) is 11.2. The summed E-state index contributed by atoms with van der Waals surface area (Å²) in [7, 11) is 0. The highest BCUT2D eigenvalue weighted by atomic mass is 16.3. The predicted molar refractivity (Wildman–Crippen MR) is 87.8 cm³/mol. The molecule has 0 aliphatic rings. The van der Waals surface area contributed by atoms with Gasteiger partial charge >= 0.3 is 0 Å². The van der Waals surface area contributed by atoms with Gasteiger partial charge in [-0.05, 0) is 11.1 Å². The standard InChI is InChI=1S/C16H16O.2CHNO/c1-2-15(17)16(13-9-5-3-6-10-13)14-11-7-4-8-12-14;2*2-1-3/h2-12,15-17H,1H2;2*2H. The molecule has 0 saturated heterocycles. The highest BCUT2D eigenvalue weighted by Gasteiger charge is 2.20. The first kappa shape index (κ1) is 19.9. The van der Waals surface area contributed by atoms with Crippen LogP contribution >= 0.6 is 0 Å². The van der Waals surface area contributed by atoms with E-state index < -0.39 is 6.10 Å². The lowest BCUT2D eigenvalue weighted by Gasteiger charge is -2.21. The van der Waals surface area contributed by atoms with Crippen molar-refractivity contribution in [1.29, 1.82) is 10.8 Å². The fourth-order valence-corrected chi connectivity index (χ4v) is 2.04. The summed E-state index contributed by atoms with van der Waals surface area (Å²) in [4.78, 5) is 16.7. The van der Waals surface area contributed by atoms with E-state index >= 15 is 0 Å². The van der Waals surface area contributed by atoms with Crippen LogP contribution in [0.4, 0.5) is 0 Å². The van der Waals surface area contributed by atoms with Crippen LogP contribution in [0.3, 0.4) is 0 Å².